The summed E-state index contributed by atoms with van der Waals surface area (Å²) >= 11 is 0. The van der Waals surface area contributed by atoms with Crippen LogP contribution < -0.4 is 0 Å². The molecule has 2 aliphatic carbocycles. The molecular weight excluding hydrogens is 244 g/mol. The van der Waals surface area contributed by atoms with E-state index < -0.39 is 0 Å². The van der Waals surface area contributed by atoms with Crippen molar-refractivity contribution < 1.29 is 0 Å². The highest BCUT2D eigenvalue weighted by Crippen LogP contribution is 2.29. The second-order valence-corrected chi connectivity index (χ2v) is 5.75. The molecule has 2 atom stereocenters. The lowest BCUT2D eigenvalue weighted by Gasteiger charge is -2.33. The fourth-order valence-electron chi connectivity index (χ4n) is 2.55. The summed E-state index contributed by atoms with van der Waals surface area (Å²) in [6, 6.07) is 0.959. The lowest BCUT2D eigenvalue weighted by molar-refractivity contribution is 0.203. The summed E-state index contributed by atoms with van der Waals surface area (Å²) in [6.07, 6.45) is 17.3. The number of hydrogen-bond acceptors (Lipinski definition) is 2. The number of rotatable bonds is 7. The number of hydrogen-bond donors (Lipinski definition) is 0. The summed E-state index contributed by atoms with van der Waals surface area (Å²) in [4.78, 5) is 4.84. The molecule has 0 unspecified atom stereocenters. The standard InChI is InChI=1S/C18H26N2/c1-15(17-9-5-6-10-17)19(3)13-14-20(4)16(2)18-11-7-8-12-18/h5-12,15-16H,13-14H2,1-4H3/t15-,16-/m1/s1. The summed E-state index contributed by atoms with van der Waals surface area (Å²) in [5.74, 6) is 2.80. The van der Waals surface area contributed by atoms with E-state index in [9.17, 15) is 0 Å². The van der Waals surface area contributed by atoms with E-state index in [4.69, 9.17) is 0 Å². The van der Waals surface area contributed by atoms with Gasteiger partial charge in [0.25, 0.3) is 0 Å². The maximum absolute atomic E-state index is 2.42. The molecule has 0 amide bonds. The average Bonchev–Trinajstić information content (AvgIpc) is 3.14. The van der Waals surface area contributed by atoms with Crippen molar-refractivity contribution in [1.29, 1.82) is 0 Å². The lowest BCUT2D eigenvalue weighted by Crippen LogP contribution is -2.42. The second kappa shape index (κ2) is 7.79. The SMILES string of the molecule is C[C@H]([C]1[CH][CH][CH][CH]1)N(C)CCN(C)[C@H](C)[C]1[CH][CH][CH][CH]1. The van der Waals surface area contributed by atoms with Gasteiger partial charge in [-0.25, -0.2) is 0 Å². The molecule has 20 heavy (non-hydrogen) atoms. The molecule has 2 fully saturated rings. The van der Waals surface area contributed by atoms with Crippen LogP contribution in [0, 0.1) is 63.2 Å². The summed E-state index contributed by atoms with van der Waals surface area (Å²) < 4.78 is 0. The molecule has 108 valence electrons. The molecule has 2 heteroatoms. The van der Waals surface area contributed by atoms with Crippen LogP contribution in [-0.4, -0.2) is 49.1 Å². The first-order chi connectivity index (χ1) is 9.59. The van der Waals surface area contributed by atoms with Gasteiger partial charge in [-0.05, 0) is 79.3 Å². The first kappa shape index (κ1) is 16.3. The Morgan fingerprint density at radius 3 is 1.30 bits per heavy atom. The van der Waals surface area contributed by atoms with Gasteiger partial charge in [0.05, 0.1) is 0 Å². The van der Waals surface area contributed by atoms with Crippen molar-refractivity contribution in [3.63, 3.8) is 0 Å². The molecule has 0 aromatic carbocycles. The van der Waals surface area contributed by atoms with Gasteiger partial charge in [0.15, 0.2) is 0 Å². The number of likely N-dealkylation sites (N-methyl/N-ethyl adjacent to an activating group) is 2. The van der Waals surface area contributed by atoms with Gasteiger partial charge in [-0.1, -0.05) is 0 Å². The van der Waals surface area contributed by atoms with Gasteiger partial charge >= 0.3 is 0 Å². The van der Waals surface area contributed by atoms with Crippen molar-refractivity contribution in [1.82, 2.24) is 9.80 Å². The quantitative estimate of drug-likeness (QED) is 0.701. The first-order valence-electron chi connectivity index (χ1n) is 7.43. The van der Waals surface area contributed by atoms with Crippen LogP contribution in [0.1, 0.15) is 13.8 Å². The fraction of sp³-hybridized carbons (Fsp3) is 0.444. The summed E-state index contributed by atoms with van der Waals surface area (Å²) in [7, 11) is 4.41. The highest BCUT2D eigenvalue weighted by molar-refractivity contribution is 5.39. The average molecular weight is 270 g/mol. The third-order valence-corrected chi connectivity index (χ3v) is 4.47. The molecule has 2 saturated carbocycles. The summed E-state index contributed by atoms with van der Waals surface area (Å²) in [5.41, 5.74) is 0. The van der Waals surface area contributed by atoms with Crippen LogP contribution in [0.2, 0.25) is 0 Å². The van der Waals surface area contributed by atoms with E-state index in [1.165, 1.54) is 11.8 Å². The lowest BCUT2D eigenvalue weighted by atomic mass is 9.98. The molecule has 2 aliphatic rings. The number of nitrogens with zero attached hydrogens (tertiary/aromatic N) is 2. The first-order valence-corrected chi connectivity index (χ1v) is 7.43. The van der Waals surface area contributed by atoms with Gasteiger partial charge in [-0.15, -0.1) is 0 Å². The minimum absolute atomic E-state index is 0.479. The molecule has 0 aromatic rings. The third-order valence-electron chi connectivity index (χ3n) is 4.47. The fourth-order valence-corrected chi connectivity index (χ4v) is 2.55. The van der Waals surface area contributed by atoms with Crippen molar-refractivity contribution in [2.24, 2.45) is 0 Å². The van der Waals surface area contributed by atoms with Gasteiger partial charge in [0.1, 0.15) is 0 Å². The molecule has 10 radical (unpaired) electrons. The molecule has 0 aromatic heterocycles. The maximum atomic E-state index is 2.42. The Hall–Kier alpha value is -0.0800. The van der Waals surface area contributed by atoms with Crippen LogP contribution in [0.4, 0.5) is 0 Å². The Bertz CT molecular complexity index is 239. The Balaban J connectivity index is 1.69. The molecule has 0 spiro atoms. The van der Waals surface area contributed by atoms with Crippen LogP contribution >= 0.6 is 0 Å². The molecular formula is C18H26N2. The Morgan fingerprint density at radius 2 is 1.00 bits per heavy atom. The summed E-state index contributed by atoms with van der Waals surface area (Å²) in [6.45, 7) is 6.70. The van der Waals surface area contributed by atoms with Crippen molar-refractivity contribution in [3.8, 4) is 0 Å². The molecule has 0 N–H and O–H groups in total. The molecule has 2 rings (SSSR count). The molecule has 0 saturated heterocycles. The van der Waals surface area contributed by atoms with Crippen LogP contribution in [0.5, 0.6) is 0 Å². The van der Waals surface area contributed by atoms with Crippen LogP contribution in [-0.2, 0) is 0 Å². The zero-order valence-electron chi connectivity index (χ0n) is 13.1. The van der Waals surface area contributed by atoms with E-state index in [-0.39, 0.29) is 0 Å². The van der Waals surface area contributed by atoms with Crippen molar-refractivity contribution in [2.75, 3.05) is 27.2 Å². The Morgan fingerprint density at radius 1 is 0.700 bits per heavy atom. The van der Waals surface area contributed by atoms with Crippen molar-refractivity contribution in [3.05, 3.63) is 63.2 Å². The van der Waals surface area contributed by atoms with Crippen LogP contribution in [0.25, 0.3) is 0 Å². The van der Waals surface area contributed by atoms with E-state index in [0.717, 1.165) is 13.1 Å². The zero-order chi connectivity index (χ0) is 14.5. The Labute approximate surface area is 126 Å². The van der Waals surface area contributed by atoms with Gasteiger partial charge < -0.3 is 9.80 Å². The van der Waals surface area contributed by atoms with Crippen LogP contribution in [0.15, 0.2) is 0 Å². The van der Waals surface area contributed by atoms with E-state index in [1.807, 2.05) is 0 Å². The van der Waals surface area contributed by atoms with Crippen molar-refractivity contribution in [2.45, 2.75) is 25.9 Å². The van der Waals surface area contributed by atoms with Gasteiger partial charge in [0, 0.05) is 37.0 Å². The van der Waals surface area contributed by atoms with Gasteiger partial charge in [-0.3, -0.25) is 0 Å². The largest absolute Gasteiger partial charge is 0.302 e. The molecule has 0 bridgehead atoms. The third kappa shape index (κ3) is 4.21. The van der Waals surface area contributed by atoms with Gasteiger partial charge in [0.2, 0.25) is 0 Å². The smallest absolute Gasteiger partial charge is 0.0133 e. The topological polar surface area (TPSA) is 6.48 Å². The van der Waals surface area contributed by atoms with Gasteiger partial charge in [-0.2, -0.15) is 0 Å². The van der Waals surface area contributed by atoms with Crippen molar-refractivity contribution >= 4 is 0 Å². The maximum Gasteiger partial charge on any atom is 0.0133 e. The minimum Gasteiger partial charge on any atom is -0.302 e. The minimum atomic E-state index is 0.479. The summed E-state index contributed by atoms with van der Waals surface area (Å²) in [5, 5.41) is 0. The zero-order valence-corrected chi connectivity index (χ0v) is 13.1. The molecule has 2 nitrogen and oxygen atoms in total. The van der Waals surface area contributed by atoms with E-state index in [0.29, 0.717) is 12.1 Å². The van der Waals surface area contributed by atoms with E-state index in [2.05, 4.69) is 89.1 Å². The van der Waals surface area contributed by atoms with E-state index in [1.54, 1.807) is 0 Å². The molecule has 0 heterocycles. The highest BCUT2D eigenvalue weighted by atomic mass is 15.2. The Kier molecular flexibility index (Phi) is 6.35. The monoisotopic (exact) mass is 270 g/mol. The second-order valence-electron chi connectivity index (χ2n) is 5.75. The predicted octanol–water partition coefficient (Wildman–Crippen LogP) is 2.44. The highest BCUT2D eigenvalue weighted by Gasteiger charge is 2.28. The normalized spacial score (nSPS) is 24.9. The molecule has 0 aliphatic heterocycles. The predicted molar refractivity (Wildman–Crippen MR) is 85.1 cm³/mol. The van der Waals surface area contributed by atoms with E-state index >= 15 is 0 Å². The van der Waals surface area contributed by atoms with Crippen LogP contribution in [0.3, 0.4) is 0 Å².